The summed E-state index contributed by atoms with van der Waals surface area (Å²) in [7, 11) is 1.61. The van der Waals surface area contributed by atoms with Crippen LogP contribution in [0.1, 0.15) is 27.9 Å². The van der Waals surface area contributed by atoms with Crippen molar-refractivity contribution in [3.8, 4) is 0 Å². The van der Waals surface area contributed by atoms with Gasteiger partial charge in [0.2, 0.25) is 0 Å². The molecule has 7 heteroatoms. The predicted molar refractivity (Wildman–Crippen MR) is 96.7 cm³/mol. The van der Waals surface area contributed by atoms with Crippen molar-refractivity contribution in [3.05, 3.63) is 52.3 Å². The minimum atomic E-state index is -0.259. The molecule has 0 unspecified atom stereocenters. The standard InChI is InChI=1S/C18H20FN3O2S/c1-11(10-24-3)20-17(23)16-8-15-12(2)21-22(18(15)25-16)9-13-4-6-14(19)7-5-13/h4-8,11H,9-10H2,1-3H3,(H,20,23)/t11-/m1/s1. The first kappa shape index (κ1) is 17.6. The van der Waals surface area contributed by atoms with Crippen molar-refractivity contribution in [3.63, 3.8) is 0 Å². The second kappa shape index (κ2) is 7.33. The summed E-state index contributed by atoms with van der Waals surface area (Å²) in [5.74, 6) is -0.371. The summed E-state index contributed by atoms with van der Waals surface area (Å²) >= 11 is 1.41. The van der Waals surface area contributed by atoms with Crippen LogP contribution in [-0.4, -0.2) is 35.4 Å². The number of hydrogen-bond donors (Lipinski definition) is 1. The molecule has 1 atom stereocenters. The summed E-state index contributed by atoms with van der Waals surface area (Å²) in [5.41, 5.74) is 1.83. The van der Waals surface area contributed by atoms with E-state index in [1.54, 1.807) is 19.2 Å². The van der Waals surface area contributed by atoms with Gasteiger partial charge in [0.25, 0.3) is 5.91 Å². The highest BCUT2D eigenvalue weighted by Gasteiger charge is 2.17. The summed E-state index contributed by atoms with van der Waals surface area (Å²) < 4.78 is 20.0. The van der Waals surface area contributed by atoms with Crippen molar-refractivity contribution in [1.29, 1.82) is 0 Å². The molecule has 0 aliphatic rings. The number of rotatable bonds is 6. The molecular formula is C18H20FN3O2S. The Labute approximate surface area is 149 Å². The fraction of sp³-hybridized carbons (Fsp3) is 0.333. The zero-order chi connectivity index (χ0) is 18.0. The Morgan fingerprint density at radius 2 is 2.12 bits per heavy atom. The van der Waals surface area contributed by atoms with Crippen LogP contribution in [0.15, 0.2) is 30.3 Å². The second-order valence-corrected chi connectivity index (χ2v) is 7.06. The van der Waals surface area contributed by atoms with Crippen LogP contribution < -0.4 is 5.32 Å². The second-order valence-electron chi connectivity index (χ2n) is 6.03. The molecule has 0 radical (unpaired) electrons. The van der Waals surface area contributed by atoms with Crippen LogP contribution in [0, 0.1) is 12.7 Å². The molecule has 2 aromatic heterocycles. The van der Waals surface area contributed by atoms with Gasteiger partial charge < -0.3 is 10.1 Å². The lowest BCUT2D eigenvalue weighted by Gasteiger charge is -2.11. The first-order valence-electron chi connectivity index (χ1n) is 7.99. The van der Waals surface area contributed by atoms with Gasteiger partial charge in [-0.2, -0.15) is 5.10 Å². The number of carbonyl (C=O) groups excluding carboxylic acids is 1. The average Bonchev–Trinajstić information content (AvgIpc) is 3.12. The Morgan fingerprint density at radius 1 is 1.40 bits per heavy atom. The van der Waals surface area contributed by atoms with Gasteiger partial charge in [-0.05, 0) is 37.6 Å². The number of aryl methyl sites for hydroxylation is 1. The molecule has 2 heterocycles. The molecule has 0 fully saturated rings. The Bertz CT molecular complexity index is 886. The number of methoxy groups -OCH3 is 1. The van der Waals surface area contributed by atoms with Gasteiger partial charge in [0, 0.05) is 18.5 Å². The summed E-state index contributed by atoms with van der Waals surface area (Å²) in [5, 5.41) is 8.43. The smallest absolute Gasteiger partial charge is 0.261 e. The van der Waals surface area contributed by atoms with Gasteiger partial charge in [-0.3, -0.25) is 9.48 Å². The third-order valence-electron chi connectivity index (χ3n) is 3.87. The van der Waals surface area contributed by atoms with Crippen LogP contribution >= 0.6 is 11.3 Å². The maximum atomic E-state index is 13.1. The van der Waals surface area contributed by atoms with Gasteiger partial charge in [0.05, 0.1) is 23.7 Å². The topological polar surface area (TPSA) is 56.1 Å². The maximum Gasteiger partial charge on any atom is 0.261 e. The monoisotopic (exact) mass is 361 g/mol. The number of amides is 1. The normalized spacial score (nSPS) is 12.5. The van der Waals surface area contributed by atoms with Crippen LogP contribution in [0.3, 0.4) is 0 Å². The zero-order valence-electron chi connectivity index (χ0n) is 14.4. The number of thiophene rings is 1. The fourth-order valence-electron chi connectivity index (χ4n) is 2.68. The fourth-order valence-corrected chi connectivity index (χ4v) is 3.75. The minimum Gasteiger partial charge on any atom is -0.383 e. The lowest BCUT2D eigenvalue weighted by molar-refractivity contribution is 0.0909. The number of benzene rings is 1. The van der Waals surface area contributed by atoms with Crippen LogP contribution in [0.5, 0.6) is 0 Å². The van der Waals surface area contributed by atoms with Crippen molar-refractivity contribution in [2.24, 2.45) is 0 Å². The van der Waals surface area contributed by atoms with Crippen LogP contribution in [0.25, 0.3) is 10.2 Å². The van der Waals surface area contributed by atoms with Gasteiger partial charge in [0.1, 0.15) is 10.6 Å². The molecule has 3 rings (SSSR count). The number of fused-ring (bicyclic) bond motifs is 1. The number of nitrogens with zero attached hydrogens (tertiary/aromatic N) is 2. The third-order valence-corrected chi connectivity index (χ3v) is 5.02. The van der Waals surface area contributed by atoms with Gasteiger partial charge in [-0.25, -0.2) is 4.39 Å². The van der Waals surface area contributed by atoms with Gasteiger partial charge in [0.15, 0.2) is 0 Å². The van der Waals surface area contributed by atoms with Crippen LogP contribution in [0.2, 0.25) is 0 Å². The van der Waals surface area contributed by atoms with E-state index in [9.17, 15) is 9.18 Å². The quantitative estimate of drug-likeness (QED) is 0.732. The number of ether oxygens (including phenoxy) is 1. The van der Waals surface area contributed by atoms with Crippen LogP contribution in [0.4, 0.5) is 4.39 Å². The summed E-state index contributed by atoms with van der Waals surface area (Å²) in [6.07, 6.45) is 0. The Balaban J connectivity index is 1.85. The van der Waals surface area contributed by atoms with E-state index in [1.807, 2.05) is 24.6 Å². The van der Waals surface area contributed by atoms with E-state index in [0.717, 1.165) is 21.5 Å². The highest BCUT2D eigenvalue weighted by molar-refractivity contribution is 7.20. The van der Waals surface area contributed by atoms with E-state index in [0.29, 0.717) is 18.0 Å². The largest absolute Gasteiger partial charge is 0.383 e. The highest BCUT2D eigenvalue weighted by Crippen LogP contribution is 2.29. The third kappa shape index (κ3) is 3.88. The van der Waals surface area contributed by atoms with Crippen molar-refractivity contribution < 1.29 is 13.9 Å². The Hall–Kier alpha value is -2.25. The zero-order valence-corrected chi connectivity index (χ0v) is 15.2. The Morgan fingerprint density at radius 3 is 2.80 bits per heavy atom. The molecule has 0 aliphatic heterocycles. The average molecular weight is 361 g/mol. The van der Waals surface area contributed by atoms with E-state index >= 15 is 0 Å². The van der Waals surface area contributed by atoms with Crippen molar-refractivity contribution in [2.45, 2.75) is 26.4 Å². The first-order chi connectivity index (χ1) is 12.0. The van der Waals surface area contributed by atoms with Gasteiger partial charge in [-0.1, -0.05) is 12.1 Å². The number of aromatic nitrogens is 2. The van der Waals surface area contributed by atoms with Gasteiger partial charge >= 0.3 is 0 Å². The number of carbonyl (C=O) groups is 1. The van der Waals surface area contributed by atoms with Gasteiger partial charge in [-0.15, -0.1) is 11.3 Å². The van der Waals surface area contributed by atoms with Crippen molar-refractivity contribution in [1.82, 2.24) is 15.1 Å². The SMILES string of the molecule is COC[C@@H](C)NC(=O)c1cc2c(C)nn(Cc3ccc(F)cc3)c2s1. The molecule has 1 N–H and O–H groups in total. The lowest BCUT2D eigenvalue weighted by atomic mass is 10.2. The molecular weight excluding hydrogens is 341 g/mol. The molecule has 1 aromatic carbocycles. The molecule has 1 amide bonds. The molecule has 132 valence electrons. The van der Waals surface area contributed by atoms with E-state index in [2.05, 4.69) is 10.4 Å². The summed E-state index contributed by atoms with van der Waals surface area (Å²) in [6.45, 7) is 4.82. The molecule has 0 saturated carbocycles. The Kier molecular flexibility index (Phi) is 5.15. The molecule has 0 saturated heterocycles. The first-order valence-corrected chi connectivity index (χ1v) is 8.80. The van der Waals surface area contributed by atoms with E-state index in [-0.39, 0.29) is 17.8 Å². The minimum absolute atomic E-state index is 0.0560. The molecule has 0 bridgehead atoms. The molecule has 3 aromatic rings. The number of halogens is 1. The number of hydrogen-bond acceptors (Lipinski definition) is 4. The molecule has 0 spiro atoms. The molecule has 25 heavy (non-hydrogen) atoms. The van der Waals surface area contributed by atoms with E-state index in [4.69, 9.17) is 4.74 Å². The van der Waals surface area contributed by atoms with Crippen molar-refractivity contribution in [2.75, 3.05) is 13.7 Å². The van der Waals surface area contributed by atoms with E-state index in [1.165, 1.54) is 23.5 Å². The van der Waals surface area contributed by atoms with Crippen LogP contribution in [-0.2, 0) is 11.3 Å². The van der Waals surface area contributed by atoms with Crippen molar-refractivity contribution >= 4 is 27.5 Å². The predicted octanol–water partition coefficient (Wildman–Crippen LogP) is 3.36. The number of nitrogens with one attached hydrogen (secondary N) is 1. The highest BCUT2D eigenvalue weighted by atomic mass is 32.1. The summed E-state index contributed by atoms with van der Waals surface area (Å²) in [4.78, 5) is 14.0. The lowest BCUT2D eigenvalue weighted by Crippen LogP contribution is -2.35. The molecule has 5 nitrogen and oxygen atoms in total. The van der Waals surface area contributed by atoms with E-state index < -0.39 is 0 Å². The molecule has 0 aliphatic carbocycles. The maximum absolute atomic E-state index is 13.1. The summed E-state index contributed by atoms with van der Waals surface area (Å²) in [6, 6.07) is 8.18.